The number of fused-ring (bicyclic) bond motifs is 1. The maximum absolute atomic E-state index is 13.0. The quantitative estimate of drug-likeness (QED) is 0.746. The summed E-state index contributed by atoms with van der Waals surface area (Å²) in [6, 6.07) is 7.48. The highest BCUT2D eigenvalue weighted by Crippen LogP contribution is 2.15. The van der Waals surface area contributed by atoms with Crippen LogP contribution < -0.4 is 5.32 Å². The van der Waals surface area contributed by atoms with Crippen molar-refractivity contribution in [3.05, 3.63) is 48.5 Å². The van der Waals surface area contributed by atoms with Crippen molar-refractivity contribution < 1.29 is 9.18 Å². The molecule has 0 unspecified atom stereocenters. The minimum atomic E-state index is -0.395. The molecule has 0 aliphatic heterocycles. The van der Waals surface area contributed by atoms with E-state index in [1.54, 1.807) is 24.5 Å². The first-order chi connectivity index (χ1) is 10.2. The Morgan fingerprint density at radius 3 is 3.10 bits per heavy atom. The van der Waals surface area contributed by atoms with Crippen molar-refractivity contribution in [2.45, 2.75) is 5.16 Å². The molecule has 8 heteroatoms. The summed E-state index contributed by atoms with van der Waals surface area (Å²) < 4.78 is 14.5. The number of carbonyl (C=O) groups excluding carboxylic acids is 1. The fourth-order valence-electron chi connectivity index (χ4n) is 1.67. The predicted molar refractivity (Wildman–Crippen MR) is 76.5 cm³/mol. The van der Waals surface area contributed by atoms with E-state index in [9.17, 15) is 9.18 Å². The molecular formula is C13H10FN5OS. The molecule has 0 fully saturated rings. The Morgan fingerprint density at radius 2 is 2.29 bits per heavy atom. The van der Waals surface area contributed by atoms with Gasteiger partial charge in [0.05, 0.1) is 5.75 Å². The molecule has 0 radical (unpaired) electrons. The van der Waals surface area contributed by atoms with E-state index in [0.29, 0.717) is 16.6 Å². The molecule has 0 atom stereocenters. The minimum absolute atomic E-state index is 0.132. The number of hydrogen-bond acceptors (Lipinski definition) is 5. The van der Waals surface area contributed by atoms with Crippen molar-refractivity contribution in [1.29, 1.82) is 0 Å². The van der Waals surface area contributed by atoms with Gasteiger partial charge in [0.15, 0.2) is 0 Å². The van der Waals surface area contributed by atoms with Gasteiger partial charge < -0.3 is 5.32 Å². The molecule has 21 heavy (non-hydrogen) atoms. The van der Waals surface area contributed by atoms with Crippen LogP contribution in [0.15, 0.2) is 47.9 Å². The van der Waals surface area contributed by atoms with E-state index in [4.69, 9.17) is 0 Å². The smallest absolute Gasteiger partial charge is 0.253 e. The molecule has 0 aliphatic rings. The van der Waals surface area contributed by atoms with Crippen LogP contribution in [0.1, 0.15) is 0 Å². The van der Waals surface area contributed by atoms with Gasteiger partial charge in [0.25, 0.3) is 5.78 Å². The number of benzene rings is 1. The van der Waals surface area contributed by atoms with Gasteiger partial charge in [-0.15, -0.1) is 5.10 Å². The lowest BCUT2D eigenvalue weighted by molar-refractivity contribution is -0.113. The number of rotatable bonds is 4. The standard InChI is InChI=1S/C13H10FN5OS/c14-9-3-1-4-10(7-9)16-11(20)8-21-13-17-12-15-5-2-6-19(12)18-13/h1-7H,8H2,(H,16,20). The SMILES string of the molecule is O=C(CSc1nc2ncccn2n1)Nc1cccc(F)c1. The van der Waals surface area contributed by atoms with E-state index >= 15 is 0 Å². The third-order valence-electron chi connectivity index (χ3n) is 2.54. The summed E-state index contributed by atoms with van der Waals surface area (Å²) in [4.78, 5) is 20.0. The Labute approximate surface area is 123 Å². The van der Waals surface area contributed by atoms with Crippen LogP contribution in [0.3, 0.4) is 0 Å². The van der Waals surface area contributed by atoms with Crippen molar-refractivity contribution in [3.8, 4) is 0 Å². The zero-order valence-corrected chi connectivity index (χ0v) is 11.5. The third kappa shape index (κ3) is 3.34. The van der Waals surface area contributed by atoms with Crippen molar-refractivity contribution in [2.24, 2.45) is 0 Å². The predicted octanol–water partition coefficient (Wildman–Crippen LogP) is 1.99. The van der Waals surface area contributed by atoms with E-state index in [2.05, 4.69) is 20.4 Å². The molecule has 0 saturated carbocycles. The maximum atomic E-state index is 13.0. The number of thioether (sulfide) groups is 1. The second-order valence-corrected chi connectivity index (χ2v) is 5.05. The van der Waals surface area contributed by atoms with Crippen LogP contribution >= 0.6 is 11.8 Å². The van der Waals surface area contributed by atoms with E-state index in [1.165, 1.54) is 34.5 Å². The number of carbonyl (C=O) groups is 1. The molecule has 0 bridgehead atoms. The summed E-state index contributed by atoms with van der Waals surface area (Å²) in [6.45, 7) is 0. The molecule has 0 spiro atoms. The summed E-state index contributed by atoms with van der Waals surface area (Å²) in [6.07, 6.45) is 3.35. The zero-order valence-electron chi connectivity index (χ0n) is 10.7. The van der Waals surface area contributed by atoms with Gasteiger partial charge >= 0.3 is 0 Å². The zero-order chi connectivity index (χ0) is 14.7. The molecule has 3 rings (SSSR count). The molecule has 2 heterocycles. The van der Waals surface area contributed by atoms with Crippen LogP contribution in [0, 0.1) is 5.82 Å². The van der Waals surface area contributed by atoms with Crippen LogP contribution in [0.25, 0.3) is 5.78 Å². The van der Waals surface area contributed by atoms with Crippen molar-refractivity contribution in [3.63, 3.8) is 0 Å². The first kappa shape index (κ1) is 13.5. The van der Waals surface area contributed by atoms with E-state index in [1.807, 2.05) is 0 Å². The normalized spacial score (nSPS) is 10.7. The monoisotopic (exact) mass is 303 g/mol. The Morgan fingerprint density at radius 1 is 1.38 bits per heavy atom. The highest BCUT2D eigenvalue weighted by molar-refractivity contribution is 7.99. The molecule has 3 aromatic rings. The number of aromatic nitrogens is 4. The highest BCUT2D eigenvalue weighted by Gasteiger charge is 2.08. The summed E-state index contributed by atoms with van der Waals surface area (Å²) in [5, 5.41) is 7.24. The lowest BCUT2D eigenvalue weighted by atomic mass is 10.3. The molecule has 2 aromatic heterocycles. The van der Waals surface area contributed by atoms with Gasteiger partial charge in [-0.2, -0.15) is 4.98 Å². The summed E-state index contributed by atoms with van der Waals surface area (Å²) >= 11 is 1.19. The lowest BCUT2D eigenvalue weighted by Crippen LogP contribution is -2.14. The Bertz CT molecular complexity index is 758. The van der Waals surface area contributed by atoms with Gasteiger partial charge in [0.1, 0.15) is 5.82 Å². The van der Waals surface area contributed by atoms with E-state index in [0.717, 1.165) is 0 Å². The number of nitrogens with one attached hydrogen (secondary N) is 1. The van der Waals surface area contributed by atoms with E-state index < -0.39 is 5.82 Å². The summed E-state index contributed by atoms with van der Waals surface area (Å²) in [5.74, 6) is -0.0376. The van der Waals surface area contributed by atoms with Crippen molar-refractivity contribution in [1.82, 2.24) is 19.6 Å². The first-order valence-electron chi connectivity index (χ1n) is 6.06. The molecule has 1 amide bonds. The molecule has 0 saturated heterocycles. The van der Waals surface area contributed by atoms with Crippen molar-refractivity contribution >= 4 is 29.1 Å². The van der Waals surface area contributed by atoms with Crippen LogP contribution in [0.2, 0.25) is 0 Å². The highest BCUT2D eigenvalue weighted by atomic mass is 32.2. The first-order valence-corrected chi connectivity index (χ1v) is 7.05. The molecule has 1 N–H and O–H groups in total. The Hall–Kier alpha value is -2.48. The Balaban J connectivity index is 1.60. The second kappa shape index (κ2) is 5.88. The van der Waals surface area contributed by atoms with Gasteiger partial charge in [0.2, 0.25) is 11.1 Å². The third-order valence-corrected chi connectivity index (χ3v) is 3.38. The van der Waals surface area contributed by atoms with Crippen molar-refractivity contribution in [2.75, 3.05) is 11.1 Å². The van der Waals surface area contributed by atoms with E-state index in [-0.39, 0.29) is 11.7 Å². The summed E-state index contributed by atoms with van der Waals surface area (Å²) in [5.41, 5.74) is 0.422. The Kier molecular flexibility index (Phi) is 3.78. The average molecular weight is 303 g/mol. The summed E-state index contributed by atoms with van der Waals surface area (Å²) in [7, 11) is 0. The topological polar surface area (TPSA) is 72.2 Å². The lowest BCUT2D eigenvalue weighted by Gasteiger charge is -2.03. The fraction of sp³-hybridized carbons (Fsp3) is 0.0769. The van der Waals surface area contributed by atoms with Crippen LogP contribution in [0.4, 0.5) is 10.1 Å². The van der Waals surface area contributed by atoms with Gasteiger partial charge in [-0.1, -0.05) is 17.8 Å². The maximum Gasteiger partial charge on any atom is 0.253 e. The number of amides is 1. The van der Waals surface area contributed by atoms with Gasteiger partial charge in [-0.05, 0) is 24.3 Å². The van der Waals surface area contributed by atoms with Crippen LogP contribution in [0.5, 0.6) is 0 Å². The fourth-order valence-corrected chi connectivity index (χ4v) is 2.29. The largest absolute Gasteiger partial charge is 0.325 e. The van der Waals surface area contributed by atoms with Gasteiger partial charge in [-0.3, -0.25) is 4.79 Å². The number of hydrogen-bond donors (Lipinski definition) is 1. The number of halogens is 1. The number of anilines is 1. The number of nitrogens with zero attached hydrogens (tertiary/aromatic N) is 4. The second-order valence-electron chi connectivity index (χ2n) is 4.11. The molecule has 1 aromatic carbocycles. The van der Waals surface area contributed by atoms with Gasteiger partial charge in [0, 0.05) is 18.1 Å². The minimum Gasteiger partial charge on any atom is -0.325 e. The van der Waals surface area contributed by atoms with Crippen LogP contribution in [-0.2, 0) is 4.79 Å². The molecule has 106 valence electrons. The molecule has 0 aliphatic carbocycles. The van der Waals surface area contributed by atoms with Crippen LogP contribution in [-0.4, -0.2) is 31.2 Å². The molecular weight excluding hydrogens is 293 g/mol. The van der Waals surface area contributed by atoms with Gasteiger partial charge in [-0.25, -0.2) is 13.9 Å². The molecule has 6 nitrogen and oxygen atoms in total. The average Bonchev–Trinajstić information content (AvgIpc) is 2.88.